The van der Waals surface area contributed by atoms with E-state index in [0.717, 1.165) is 33.0 Å². The molecule has 0 amide bonds. The Balaban J connectivity index is 1.25. The van der Waals surface area contributed by atoms with Gasteiger partial charge in [-0.25, -0.2) is 15.0 Å². The van der Waals surface area contributed by atoms with Gasteiger partial charge in [-0.15, -0.1) is 0 Å². The zero-order valence-electron chi connectivity index (χ0n) is 30.1. The molecule has 0 N–H and O–H groups in total. The molecule has 6 aromatic carbocycles. The molecule has 8 aromatic rings. The summed E-state index contributed by atoms with van der Waals surface area (Å²) >= 11 is 0. The second-order valence-corrected chi connectivity index (χ2v) is 12.1. The van der Waals surface area contributed by atoms with Gasteiger partial charge in [0.25, 0.3) is 0 Å². The Morgan fingerprint density at radius 2 is 1.22 bits per heavy atom. The lowest BCUT2D eigenvalue weighted by Crippen LogP contribution is -2.14. The third kappa shape index (κ3) is 4.04. The Bertz CT molecular complexity index is 2710. The summed E-state index contributed by atoms with van der Waals surface area (Å²) in [5.74, 6) is 1.60. The molecule has 9 rings (SSSR count). The second-order valence-electron chi connectivity index (χ2n) is 12.1. The highest BCUT2D eigenvalue weighted by Crippen LogP contribution is 2.51. The number of fused-ring (bicyclic) bond motifs is 6. The highest BCUT2D eigenvalue weighted by Gasteiger charge is 2.37. The Kier molecular flexibility index (Phi) is 4.77. The zero-order chi connectivity index (χ0) is 35.2. The maximum absolute atomic E-state index is 8.58. The molecule has 0 fully saturated rings. The van der Waals surface area contributed by atoms with Crippen LogP contribution in [0.2, 0.25) is 0 Å². The Morgan fingerprint density at radius 1 is 0.543 bits per heavy atom. The summed E-state index contributed by atoms with van der Waals surface area (Å²) in [6, 6.07) is 34.2. The van der Waals surface area contributed by atoms with Crippen LogP contribution in [0.3, 0.4) is 0 Å². The van der Waals surface area contributed by atoms with Gasteiger partial charge in [-0.1, -0.05) is 141 Å². The van der Waals surface area contributed by atoms with Crippen LogP contribution in [0.1, 0.15) is 31.8 Å². The monoisotopic (exact) mass is 596 g/mol. The molecule has 1 aliphatic rings. The van der Waals surface area contributed by atoms with Crippen molar-refractivity contribution in [2.45, 2.75) is 19.3 Å². The van der Waals surface area contributed by atoms with Crippen LogP contribution in [-0.4, -0.2) is 15.0 Å². The first kappa shape index (κ1) is 21.8. The predicted octanol–water partition coefficient (Wildman–Crippen LogP) is 10.7. The molecule has 0 spiro atoms. The van der Waals surface area contributed by atoms with Crippen molar-refractivity contribution in [3.05, 3.63) is 151 Å². The number of nitrogens with zero attached hydrogens (tertiary/aromatic N) is 3. The lowest BCUT2D eigenvalue weighted by Gasteiger charge is -2.21. The Labute approximate surface area is 274 Å². The van der Waals surface area contributed by atoms with Crippen molar-refractivity contribution in [2.24, 2.45) is 0 Å². The maximum Gasteiger partial charge on any atom is 0.164 e. The Morgan fingerprint density at radius 3 is 2.07 bits per heavy atom. The number of hydrogen-bond acceptors (Lipinski definition) is 4. The van der Waals surface area contributed by atoms with Gasteiger partial charge in [0.2, 0.25) is 0 Å². The van der Waals surface area contributed by atoms with Gasteiger partial charge in [0.05, 0.1) is 6.85 Å². The molecule has 218 valence electrons. The highest BCUT2D eigenvalue weighted by atomic mass is 16.3. The first-order chi connectivity index (χ1) is 24.6. The van der Waals surface area contributed by atoms with Crippen LogP contribution in [0.4, 0.5) is 0 Å². The molecule has 2 heterocycles. The van der Waals surface area contributed by atoms with E-state index in [2.05, 4.69) is 56.3 Å². The van der Waals surface area contributed by atoms with Crippen molar-refractivity contribution in [3.8, 4) is 56.4 Å². The van der Waals surface area contributed by atoms with E-state index < -0.39 is 18.1 Å². The van der Waals surface area contributed by atoms with E-state index in [0.29, 0.717) is 34.2 Å². The minimum absolute atomic E-state index is 0.0978. The van der Waals surface area contributed by atoms with E-state index in [1.807, 2.05) is 60.7 Å². The first-order valence-electron chi connectivity index (χ1n) is 17.7. The molecule has 0 atom stereocenters. The van der Waals surface area contributed by atoms with Crippen molar-refractivity contribution in [2.75, 3.05) is 0 Å². The van der Waals surface area contributed by atoms with E-state index in [9.17, 15) is 0 Å². The van der Waals surface area contributed by atoms with Gasteiger partial charge < -0.3 is 4.42 Å². The average molecular weight is 597 g/mol. The molecule has 46 heavy (non-hydrogen) atoms. The molecule has 2 aromatic heterocycles. The van der Waals surface area contributed by atoms with E-state index in [1.165, 1.54) is 16.7 Å². The van der Waals surface area contributed by atoms with Gasteiger partial charge in [0.1, 0.15) is 11.2 Å². The number of hydrogen-bond donors (Lipinski definition) is 0. The topological polar surface area (TPSA) is 51.8 Å². The van der Waals surface area contributed by atoms with Gasteiger partial charge in [-0.3, -0.25) is 0 Å². The summed E-state index contributed by atoms with van der Waals surface area (Å²) in [6.45, 7) is 4.50. The lowest BCUT2D eigenvalue weighted by molar-refractivity contribution is 0.660. The lowest BCUT2D eigenvalue weighted by atomic mass is 9.82. The summed E-state index contributed by atoms with van der Waals surface area (Å²) in [6.07, 6.45) is 0. The molecular formula is C42H29N3O. The number of para-hydroxylation sites is 1. The largest absolute Gasteiger partial charge is 0.455 e. The average Bonchev–Trinajstić information content (AvgIpc) is 3.65. The van der Waals surface area contributed by atoms with E-state index in [-0.39, 0.29) is 23.1 Å². The molecule has 0 bridgehead atoms. The van der Waals surface area contributed by atoms with Crippen LogP contribution in [0, 0.1) is 0 Å². The Hall–Kier alpha value is -5.87. The van der Waals surface area contributed by atoms with Crippen LogP contribution in [0.25, 0.3) is 78.4 Å². The van der Waals surface area contributed by atoms with Crippen LogP contribution >= 0.6 is 0 Å². The van der Waals surface area contributed by atoms with Gasteiger partial charge in [-0.05, 0) is 39.9 Å². The molecule has 0 radical (unpaired) electrons. The molecule has 4 nitrogen and oxygen atoms in total. The predicted molar refractivity (Wildman–Crippen MR) is 186 cm³/mol. The first-order valence-corrected chi connectivity index (χ1v) is 15.2. The van der Waals surface area contributed by atoms with Crippen LogP contribution in [0.15, 0.2) is 144 Å². The third-order valence-electron chi connectivity index (χ3n) is 9.04. The van der Waals surface area contributed by atoms with Gasteiger partial charge in [0, 0.05) is 38.4 Å². The molecule has 0 saturated heterocycles. The minimum atomic E-state index is -0.435. The molecule has 4 heteroatoms. The number of furan rings is 1. The molecule has 0 saturated carbocycles. The van der Waals surface area contributed by atoms with Crippen LogP contribution in [0.5, 0.6) is 0 Å². The maximum atomic E-state index is 8.58. The van der Waals surface area contributed by atoms with Gasteiger partial charge in [-0.2, -0.15) is 0 Å². The van der Waals surface area contributed by atoms with Gasteiger partial charge >= 0.3 is 0 Å². The molecule has 1 aliphatic carbocycles. The minimum Gasteiger partial charge on any atom is -0.455 e. The number of rotatable bonds is 4. The van der Waals surface area contributed by atoms with Crippen LogP contribution < -0.4 is 0 Å². The fourth-order valence-electron chi connectivity index (χ4n) is 6.80. The fraction of sp³-hybridized carbons (Fsp3) is 0.0714. The van der Waals surface area contributed by atoms with Crippen molar-refractivity contribution >= 4 is 21.9 Å². The smallest absolute Gasteiger partial charge is 0.164 e. The summed E-state index contributed by atoms with van der Waals surface area (Å²) in [7, 11) is 0. The van der Waals surface area contributed by atoms with E-state index >= 15 is 0 Å². The summed E-state index contributed by atoms with van der Waals surface area (Å²) in [4.78, 5) is 15.1. The summed E-state index contributed by atoms with van der Waals surface area (Å²) in [5, 5.41) is 1.59. The molecule has 0 aliphatic heterocycles. The number of benzene rings is 6. The van der Waals surface area contributed by atoms with Crippen molar-refractivity contribution in [1.29, 1.82) is 0 Å². The summed E-state index contributed by atoms with van der Waals surface area (Å²) in [5.41, 5.74) is 8.65. The quantitative estimate of drug-likeness (QED) is 0.203. The number of aromatic nitrogens is 3. The fourth-order valence-corrected chi connectivity index (χ4v) is 6.80. The van der Waals surface area contributed by atoms with E-state index in [4.69, 9.17) is 26.2 Å². The van der Waals surface area contributed by atoms with Gasteiger partial charge in [0.15, 0.2) is 17.5 Å². The zero-order valence-corrected chi connectivity index (χ0v) is 25.1. The normalized spacial score (nSPS) is 14.7. The molecular weight excluding hydrogens is 562 g/mol. The van der Waals surface area contributed by atoms with Crippen molar-refractivity contribution in [1.82, 2.24) is 15.0 Å². The van der Waals surface area contributed by atoms with Crippen LogP contribution in [-0.2, 0) is 5.41 Å². The van der Waals surface area contributed by atoms with E-state index in [1.54, 1.807) is 6.07 Å². The standard InChI is InChI=1S/C42H29N3O/c1-42(2)34-21-10-9-17-32(34)37-33(20-12-22-35(37)42)41-44-39(27-15-7-4-8-16-27)43-40(45-41)28-23-24-30-31-19-11-18-29(26-13-5-3-6-14-26)38(31)46-36(30)25-28/h3-25H,1-2H3/i3D,5D,6D,13D,14D. The van der Waals surface area contributed by atoms with Crippen molar-refractivity contribution < 1.29 is 11.3 Å². The second kappa shape index (κ2) is 10.1. The summed E-state index contributed by atoms with van der Waals surface area (Å²) < 4.78 is 48.1. The van der Waals surface area contributed by atoms with Crippen molar-refractivity contribution in [3.63, 3.8) is 0 Å². The highest BCUT2D eigenvalue weighted by molar-refractivity contribution is 6.10. The molecule has 0 unspecified atom stereocenters. The SMILES string of the molecule is [2H]c1c([2H])c([2H])c(-c2cccc3c2oc2cc(-c4nc(-c5ccccc5)nc(-c5cccc6c5-c5ccccc5C6(C)C)n4)ccc23)c([2H])c1[2H]. The third-order valence-corrected chi connectivity index (χ3v) is 9.04.